The number of carbonyl (C=O) groups is 1. The Labute approximate surface area is 160 Å². The fraction of sp³-hybridized carbons (Fsp3) is 0.300. The Morgan fingerprint density at radius 1 is 1.11 bits per heavy atom. The summed E-state index contributed by atoms with van der Waals surface area (Å²) in [4.78, 5) is 12.3. The molecule has 0 saturated carbocycles. The minimum Gasteiger partial charge on any atom is -0.326 e. The number of carbonyl (C=O) groups excluding carboxylic acids is 1. The summed E-state index contributed by atoms with van der Waals surface area (Å²) in [5.41, 5.74) is 2.11. The van der Waals surface area contributed by atoms with Crippen LogP contribution in [0.5, 0.6) is 0 Å². The minimum atomic E-state index is -3.54. The maximum atomic E-state index is 12.4. The van der Waals surface area contributed by atoms with Crippen LogP contribution in [0.2, 0.25) is 0 Å². The molecule has 0 aliphatic carbocycles. The van der Waals surface area contributed by atoms with E-state index in [2.05, 4.69) is 11.4 Å². The van der Waals surface area contributed by atoms with Crippen molar-refractivity contribution in [1.29, 1.82) is 5.26 Å². The van der Waals surface area contributed by atoms with Crippen molar-refractivity contribution in [2.24, 2.45) is 0 Å². The Hall–Kier alpha value is -2.69. The zero-order chi connectivity index (χ0) is 20.0. The van der Waals surface area contributed by atoms with Gasteiger partial charge in [-0.15, -0.1) is 0 Å². The molecule has 0 aliphatic heterocycles. The lowest BCUT2D eigenvalue weighted by molar-refractivity contribution is -0.116. The van der Waals surface area contributed by atoms with Gasteiger partial charge in [-0.1, -0.05) is 12.1 Å². The van der Waals surface area contributed by atoms with Crippen LogP contribution in [0, 0.1) is 11.3 Å². The van der Waals surface area contributed by atoms with Crippen molar-refractivity contribution in [3.63, 3.8) is 0 Å². The van der Waals surface area contributed by atoms with Gasteiger partial charge in [0.25, 0.3) is 0 Å². The molecule has 0 bridgehead atoms. The molecular weight excluding hydrogens is 362 g/mol. The van der Waals surface area contributed by atoms with Crippen LogP contribution in [-0.2, 0) is 21.2 Å². The second-order valence-corrected chi connectivity index (χ2v) is 8.49. The van der Waals surface area contributed by atoms with Gasteiger partial charge in [-0.2, -0.15) is 9.57 Å². The highest BCUT2D eigenvalue weighted by molar-refractivity contribution is 7.89. The van der Waals surface area contributed by atoms with Gasteiger partial charge in [0.05, 0.1) is 16.5 Å². The van der Waals surface area contributed by atoms with E-state index in [1.54, 1.807) is 45.2 Å². The molecule has 2 aromatic rings. The summed E-state index contributed by atoms with van der Waals surface area (Å²) < 4.78 is 26.2. The first kappa shape index (κ1) is 20.6. The van der Waals surface area contributed by atoms with Crippen LogP contribution in [0.1, 0.15) is 31.4 Å². The SMILES string of the molecule is CC(C)N(C)S(=O)(=O)c1ccc(NC(=O)CCc2ccc(C#N)cc2)cc1. The van der Waals surface area contributed by atoms with Crippen molar-refractivity contribution in [1.82, 2.24) is 4.31 Å². The molecule has 0 unspecified atom stereocenters. The summed E-state index contributed by atoms with van der Waals surface area (Å²) in [6.45, 7) is 3.61. The normalized spacial score (nSPS) is 11.4. The average Bonchev–Trinajstić information content (AvgIpc) is 2.66. The highest BCUT2D eigenvalue weighted by Crippen LogP contribution is 2.19. The van der Waals surface area contributed by atoms with Crippen LogP contribution in [0.4, 0.5) is 5.69 Å². The Morgan fingerprint density at radius 3 is 2.22 bits per heavy atom. The van der Waals surface area contributed by atoms with Crippen LogP contribution in [0.25, 0.3) is 0 Å². The molecule has 2 aromatic carbocycles. The average molecular weight is 385 g/mol. The molecule has 1 amide bonds. The summed E-state index contributed by atoms with van der Waals surface area (Å²) in [5, 5.41) is 11.5. The molecule has 0 atom stereocenters. The summed E-state index contributed by atoms with van der Waals surface area (Å²) in [6.07, 6.45) is 0.852. The predicted octanol–water partition coefficient (Wildman–Crippen LogP) is 3.16. The quantitative estimate of drug-likeness (QED) is 0.793. The van der Waals surface area contributed by atoms with Crippen molar-refractivity contribution in [3.05, 3.63) is 59.7 Å². The number of anilines is 1. The van der Waals surface area contributed by atoms with Crippen molar-refractivity contribution >= 4 is 21.6 Å². The number of nitriles is 1. The maximum Gasteiger partial charge on any atom is 0.243 e. The van der Waals surface area contributed by atoms with Crippen molar-refractivity contribution in [2.45, 2.75) is 37.6 Å². The maximum absolute atomic E-state index is 12.4. The highest BCUT2D eigenvalue weighted by atomic mass is 32.2. The second-order valence-electron chi connectivity index (χ2n) is 6.50. The Balaban J connectivity index is 1.95. The number of hydrogen-bond donors (Lipinski definition) is 1. The molecule has 142 valence electrons. The third kappa shape index (κ3) is 5.39. The first-order chi connectivity index (χ1) is 12.7. The minimum absolute atomic E-state index is 0.142. The van der Waals surface area contributed by atoms with Crippen molar-refractivity contribution in [2.75, 3.05) is 12.4 Å². The largest absolute Gasteiger partial charge is 0.326 e. The van der Waals surface area contributed by atoms with Gasteiger partial charge in [0.2, 0.25) is 15.9 Å². The van der Waals surface area contributed by atoms with E-state index in [-0.39, 0.29) is 16.8 Å². The van der Waals surface area contributed by atoms with Crippen molar-refractivity contribution < 1.29 is 13.2 Å². The summed E-state index contributed by atoms with van der Waals surface area (Å²) in [6, 6.07) is 15.2. The monoisotopic (exact) mass is 385 g/mol. The van der Waals surface area contributed by atoms with Gasteiger partial charge >= 0.3 is 0 Å². The molecule has 0 spiro atoms. The van der Waals surface area contributed by atoms with Gasteiger partial charge < -0.3 is 5.32 Å². The van der Waals surface area contributed by atoms with Gasteiger partial charge in [0, 0.05) is 25.2 Å². The topological polar surface area (TPSA) is 90.3 Å². The Kier molecular flexibility index (Phi) is 6.72. The zero-order valence-corrected chi connectivity index (χ0v) is 16.5. The third-order valence-corrected chi connectivity index (χ3v) is 6.31. The molecular formula is C20H23N3O3S. The van der Waals surface area contributed by atoms with Gasteiger partial charge in [-0.3, -0.25) is 4.79 Å². The van der Waals surface area contributed by atoms with Gasteiger partial charge in [0.15, 0.2) is 0 Å². The summed E-state index contributed by atoms with van der Waals surface area (Å²) in [7, 11) is -2.00. The van der Waals surface area contributed by atoms with E-state index < -0.39 is 10.0 Å². The number of amides is 1. The molecule has 2 rings (SSSR count). The number of nitrogens with zero attached hydrogens (tertiary/aromatic N) is 2. The lowest BCUT2D eigenvalue weighted by Crippen LogP contribution is -2.33. The smallest absolute Gasteiger partial charge is 0.243 e. The zero-order valence-electron chi connectivity index (χ0n) is 15.6. The van der Waals surface area contributed by atoms with E-state index in [4.69, 9.17) is 5.26 Å². The van der Waals surface area contributed by atoms with Gasteiger partial charge in [-0.05, 0) is 62.2 Å². The molecule has 0 saturated heterocycles. The lowest BCUT2D eigenvalue weighted by Gasteiger charge is -2.21. The Bertz CT molecular complexity index is 928. The third-order valence-electron chi connectivity index (χ3n) is 4.27. The fourth-order valence-corrected chi connectivity index (χ4v) is 3.75. The fourth-order valence-electron chi connectivity index (χ4n) is 2.38. The van der Waals surface area contributed by atoms with E-state index in [0.29, 0.717) is 24.1 Å². The van der Waals surface area contributed by atoms with Crippen LogP contribution >= 0.6 is 0 Å². The van der Waals surface area contributed by atoms with E-state index in [1.807, 2.05) is 12.1 Å². The van der Waals surface area contributed by atoms with Crippen molar-refractivity contribution in [3.8, 4) is 6.07 Å². The lowest BCUT2D eigenvalue weighted by atomic mass is 10.1. The van der Waals surface area contributed by atoms with Crippen LogP contribution in [-0.4, -0.2) is 31.7 Å². The van der Waals surface area contributed by atoms with Gasteiger partial charge in [0.1, 0.15) is 0 Å². The number of nitrogens with one attached hydrogen (secondary N) is 1. The molecule has 6 nitrogen and oxygen atoms in total. The molecule has 1 N–H and O–H groups in total. The molecule has 0 heterocycles. The predicted molar refractivity (Wildman–Crippen MR) is 105 cm³/mol. The van der Waals surface area contributed by atoms with E-state index in [1.165, 1.54) is 16.4 Å². The van der Waals surface area contributed by atoms with Crippen LogP contribution < -0.4 is 5.32 Å². The molecule has 27 heavy (non-hydrogen) atoms. The first-order valence-electron chi connectivity index (χ1n) is 8.61. The first-order valence-corrected chi connectivity index (χ1v) is 10.0. The molecule has 0 radical (unpaired) electrons. The molecule has 0 aromatic heterocycles. The van der Waals surface area contributed by atoms with E-state index in [9.17, 15) is 13.2 Å². The van der Waals surface area contributed by atoms with E-state index in [0.717, 1.165) is 5.56 Å². The molecule has 7 heteroatoms. The number of benzene rings is 2. The number of aryl methyl sites for hydroxylation is 1. The Morgan fingerprint density at radius 2 is 1.70 bits per heavy atom. The van der Waals surface area contributed by atoms with Crippen LogP contribution in [0.15, 0.2) is 53.4 Å². The number of hydrogen-bond acceptors (Lipinski definition) is 4. The van der Waals surface area contributed by atoms with Gasteiger partial charge in [-0.25, -0.2) is 8.42 Å². The number of rotatable bonds is 7. The molecule has 0 aliphatic rings. The van der Waals surface area contributed by atoms with Crippen LogP contribution in [0.3, 0.4) is 0 Å². The van der Waals surface area contributed by atoms with E-state index >= 15 is 0 Å². The summed E-state index contributed by atoms with van der Waals surface area (Å²) >= 11 is 0. The highest BCUT2D eigenvalue weighted by Gasteiger charge is 2.22. The standard InChI is InChI=1S/C20H23N3O3S/c1-15(2)23(3)27(25,26)19-11-9-18(10-12-19)22-20(24)13-8-16-4-6-17(14-21)7-5-16/h4-7,9-12,15H,8,13H2,1-3H3,(H,22,24). The number of sulfonamides is 1. The second kappa shape index (κ2) is 8.80. The molecule has 0 fully saturated rings. The summed E-state index contributed by atoms with van der Waals surface area (Å²) in [5.74, 6) is -0.158.